The highest BCUT2D eigenvalue weighted by molar-refractivity contribution is 6.04. The van der Waals surface area contributed by atoms with Gasteiger partial charge in [-0.1, -0.05) is 18.2 Å². The fourth-order valence-electron chi connectivity index (χ4n) is 4.09. The van der Waals surface area contributed by atoms with Gasteiger partial charge in [0.15, 0.2) is 11.6 Å². The van der Waals surface area contributed by atoms with E-state index in [1.54, 1.807) is 24.3 Å². The van der Waals surface area contributed by atoms with Crippen molar-refractivity contribution >= 4 is 29.6 Å². The van der Waals surface area contributed by atoms with Gasteiger partial charge in [-0.2, -0.15) is 0 Å². The van der Waals surface area contributed by atoms with Crippen LogP contribution in [0, 0.1) is 0 Å². The molecule has 2 bridgehead atoms. The molecule has 2 aliphatic rings. The predicted molar refractivity (Wildman–Crippen MR) is 117 cm³/mol. The van der Waals surface area contributed by atoms with E-state index in [1.807, 2.05) is 36.5 Å². The van der Waals surface area contributed by atoms with Crippen LogP contribution in [0.4, 0.5) is 22.1 Å². The van der Waals surface area contributed by atoms with E-state index >= 15 is 0 Å². The van der Waals surface area contributed by atoms with Gasteiger partial charge in [0, 0.05) is 44.3 Å². The van der Waals surface area contributed by atoms with Gasteiger partial charge in [-0.25, -0.2) is 14.8 Å². The second-order valence-electron chi connectivity index (χ2n) is 7.33. The van der Waals surface area contributed by atoms with Gasteiger partial charge < -0.3 is 4.90 Å². The van der Waals surface area contributed by atoms with E-state index in [-0.39, 0.29) is 12.1 Å². The molecule has 1 aromatic carbocycles. The summed E-state index contributed by atoms with van der Waals surface area (Å²) in [6.45, 7) is 1.72. The van der Waals surface area contributed by atoms with Crippen LogP contribution in [-0.4, -0.2) is 53.4 Å². The van der Waals surface area contributed by atoms with Crippen molar-refractivity contribution in [2.45, 2.75) is 12.5 Å². The first-order valence-electron chi connectivity index (χ1n) is 9.88. The summed E-state index contributed by atoms with van der Waals surface area (Å²) >= 11 is 0. The Morgan fingerprint density at radius 1 is 1.27 bits per heavy atom. The lowest BCUT2D eigenvalue weighted by molar-refractivity contribution is 0.254. The maximum absolute atomic E-state index is 13.2. The van der Waals surface area contributed by atoms with Crippen LogP contribution < -0.4 is 15.1 Å². The number of fused-ring (bicyclic) bond motifs is 4. The van der Waals surface area contributed by atoms with Gasteiger partial charge in [0.25, 0.3) is 0 Å². The van der Waals surface area contributed by atoms with Crippen molar-refractivity contribution in [1.82, 2.24) is 15.0 Å². The Bertz CT molecular complexity index is 1120. The molecule has 8 heteroatoms. The van der Waals surface area contributed by atoms with Crippen molar-refractivity contribution in [3.8, 4) is 11.3 Å². The van der Waals surface area contributed by atoms with Gasteiger partial charge in [0.05, 0.1) is 23.6 Å². The Morgan fingerprint density at radius 3 is 3.03 bits per heavy atom. The second-order valence-corrected chi connectivity index (χ2v) is 7.33. The molecule has 1 saturated heterocycles. The van der Waals surface area contributed by atoms with Crippen molar-refractivity contribution in [3.63, 3.8) is 0 Å². The Balaban J connectivity index is 1.53. The summed E-state index contributed by atoms with van der Waals surface area (Å²) in [6, 6.07) is 12.0. The maximum Gasteiger partial charge on any atom is 0.329 e. The number of amides is 2. The van der Waals surface area contributed by atoms with E-state index in [0.717, 1.165) is 42.0 Å². The highest BCUT2D eigenvalue weighted by atomic mass is 16.2. The molecule has 4 heterocycles. The van der Waals surface area contributed by atoms with E-state index in [2.05, 4.69) is 31.2 Å². The van der Waals surface area contributed by atoms with Crippen LogP contribution in [0.1, 0.15) is 12.0 Å². The zero-order valence-corrected chi connectivity index (χ0v) is 16.6. The number of pyridine rings is 1. The third-order valence-corrected chi connectivity index (χ3v) is 5.43. The van der Waals surface area contributed by atoms with Gasteiger partial charge in [-0.3, -0.25) is 20.2 Å². The minimum Gasteiger partial charge on any atom is -0.366 e. The number of aliphatic imine (C=N–C) groups is 1. The minimum absolute atomic E-state index is 0.0791. The van der Waals surface area contributed by atoms with Crippen LogP contribution in [-0.2, 0) is 0 Å². The van der Waals surface area contributed by atoms with E-state index < -0.39 is 0 Å². The molecule has 2 amide bonds. The van der Waals surface area contributed by atoms with E-state index in [1.165, 1.54) is 6.20 Å². The lowest BCUT2D eigenvalue weighted by Gasteiger charge is -2.35. The number of carbonyl (C=O) groups is 1. The summed E-state index contributed by atoms with van der Waals surface area (Å²) in [6.07, 6.45) is 7.39. The molecule has 3 aromatic rings. The molecule has 2 aromatic heterocycles. The van der Waals surface area contributed by atoms with Gasteiger partial charge >= 0.3 is 6.03 Å². The fraction of sp³-hybridized carbons (Fsp3) is 0.227. The molecule has 0 aliphatic carbocycles. The van der Waals surface area contributed by atoms with Crippen LogP contribution in [0.2, 0.25) is 0 Å². The van der Waals surface area contributed by atoms with Crippen LogP contribution in [0.5, 0.6) is 0 Å². The topological polar surface area (TPSA) is 86.6 Å². The summed E-state index contributed by atoms with van der Waals surface area (Å²) in [5, 5.41) is 2.86. The molecule has 0 unspecified atom stereocenters. The molecular formula is C22H21N7O. The van der Waals surface area contributed by atoms with Gasteiger partial charge in [0.1, 0.15) is 0 Å². The molecule has 1 N–H and O–H groups in total. The first-order valence-corrected chi connectivity index (χ1v) is 9.88. The molecule has 0 saturated carbocycles. The van der Waals surface area contributed by atoms with Crippen LogP contribution in [0.15, 0.2) is 60.0 Å². The smallest absolute Gasteiger partial charge is 0.329 e. The van der Waals surface area contributed by atoms with Crippen LogP contribution >= 0.6 is 0 Å². The number of urea groups is 1. The SMILES string of the molecule is C/N=C/c1cccc(-c2ccc3c(n2)N(C(=O)Nc2cnccn2)[C@H]2CCN3C2)c1. The fourth-order valence-corrected chi connectivity index (χ4v) is 4.09. The lowest BCUT2D eigenvalue weighted by Crippen LogP contribution is -2.48. The van der Waals surface area contributed by atoms with Gasteiger partial charge in [0.2, 0.25) is 0 Å². The summed E-state index contributed by atoms with van der Waals surface area (Å²) in [5.74, 6) is 1.10. The molecule has 8 nitrogen and oxygen atoms in total. The molecule has 0 radical (unpaired) electrons. The first kappa shape index (κ1) is 18.2. The van der Waals surface area contributed by atoms with Crippen molar-refractivity contribution in [3.05, 3.63) is 60.6 Å². The molecule has 0 spiro atoms. The Labute approximate surface area is 174 Å². The number of rotatable bonds is 3. The molecule has 5 rings (SSSR count). The number of nitrogens with zero attached hydrogens (tertiary/aromatic N) is 6. The quantitative estimate of drug-likeness (QED) is 0.684. The van der Waals surface area contributed by atoms with Crippen molar-refractivity contribution < 1.29 is 4.79 Å². The van der Waals surface area contributed by atoms with Crippen LogP contribution in [0.25, 0.3) is 11.3 Å². The first-order chi connectivity index (χ1) is 14.7. The predicted octanol–water partition coefficient (Wildman–Crippen LogP) is 3.22. The molecule has 150 valence electrons. The van der Waals surface area contributed by atoms with Gasteiger partial charge in [-0.15, -0.1) is 0 Å². The highest BCUT2D eigenvalue weighted by Gasteiger charge is 2.40. The average molecular weight is 399 g/mol. The maximum atomic E-state index is 13.2. The second kappa shape index (κ2) is 7.55. The van der Waals surface area contributed by atoms with Crippen molar-refractivity contribution in [2.24, 2.45) is 4.99 Å². The Morgan fingerprint density at radius 2 is 2.20 bits per heavy atom. The number of carbonyl (C=O) groups excluding carboxylic acids is 1. The van der Waals surface area contributed by atoms with E-state index in [9.17, 15) is 4.79 Å². The summed E-state index contributed by atoms with van der Waals surface area (Å²) in [4.78, 5) is 34.4. The van der Waals surface area contributed by atoms with Crippen molar-refractivity contribution in [1.29, 1.82) is 0 Å². The standard InChI is InChI=1S/C22H21N7O/c1-23-12-15-3-2-4-16(11-15)18-5-6-19-21(26-18)29(17-7-10-28(19)14-17)22(30)27-20-13-24-8-9-25-20/h2-6,8-9,11-13,17H,7,10,14H2,1H3,(H,25,27,30)/b23-12+/t17-/m0/s1. The highest BCUT2D eigenvalue weighted by Crippen LogP contribution is 2.40. The molecule has 30 heavy (non-hydrogen) atoms. The average Bonchev–Trinajstić information content (AvgIpc) is 3.19. The molecule has 1 atom stereocenters. The van der Waals surface area contributed by atoms with E-state index in [4.69, 9.17) is 4.98 Å². The van der Waals surface area contributed by atoms with Crippen molar-refractivity contribution in [2.75, 3.05) is 35.3 Å². The Hall–Kier alpha value is -3.81. The number of nitrogens with one attached hydrogen (secondary N) is 1. The lowest BCUT2D eigenvalue weighted by atomic mass is 10.1. The largest absolute Gasteiger partial charge is 0.366 e. The third kappa shape index (κ3) is 3.26. The number of benzene rings is 1. The zero-order chi connectivity index (χ0) is 20.5. The molecule has 2 aliphatic heterocycles. The van der Waals surface area contributed by atoms with Crippen LogP contribution in [0.3, 0.4) is 0 Å². The number of aromatic nitrogens is 3. The number of anilines is 3. The molecular weight excluding hydrogens is 378 g/mol. The summed E-state index contributed by atoms with van der Waals surface area (Å²) in [5.41, 5.74) is 3.79. The minimum atomic E-state index is -0.236. The molecule has 1 fully saturated rings. The Kier molecular flexibility index (Phi) is 4.59. The number of hydrogen-bond acceptors (Lipinski definition) is 6. The summed E-state index contributed by atoms with van der Waals surface area (Å²) in [7, 11) is 1.75. The summed E-state index contributed by atoms with van der Waals surface area (Å²) < 4.78 is 0. The monoisotopic (exact) mass is 399 g/mol. The normalized spacial score (nSPS) is 17.3. The number of hydrogen-bond donors (Lipinski definition) is 1. The zero-order valence-electron chi connectivity index (χ0n) is 16.6. The third-order valence-electron chi connectivity index (χ3n) is 5.43. The van der Waals surface area contributed by atoms with E-state index in [0.29, 0.717) is 11.6 Å². The van der Waals surface area contributed by atoms with Gasteiger partial charge in [-0.05, 0) is 30.2 Å².